The maximum atomic E-state index is 9.63. The Morgan fingerprint density at radius 1 is 1.86 bits per heavy atom. The normalized spacial score (nSPS) is 8.14. The number of hydrogen-bond donors (Lipinski definition) is 1. The maximum absolute atomic E-state index is 9.63. The van der Waals surface area contributed by atoms with Gasteiger partial charge in [-0.25, -0.2) is 4.79 Å². The number of nitrogens with two attached hydrogens (primary N) is 1. The van der Waals surface area contributed by atoms with Crippen LogP contribution in [0.3, 0.4) is 0 Å². The quantitative estimate of drug-likeness (QED) is 0.398. The summed E-state index contributed by atoms with van der Waals surface area (Å²) in [5.74, 6) is 0. The fraction of sp³-hybridized carbons (Fsp3) is 0.667. The average Bonchev–Trinajstić information content (AvgIpc) is 1.61. The second kappa shape index (κ2) is 3.42. The average molecular weight is 105 g/mol. The van der Waals surface area contributed by atoms with Gasteiger partial charge >= 0.3 is 6.09 Å². The highest BCUT2D eigenvalue weighted by molar-refractivity contribution is 5.63. The lowest BCUT2D eigenvalue weighted by Crippen LogP contribution is -2.12. The van der Waals surface area contributed by atoms with Gasteiger partial charge in [0.1, 0.15) is 0 Å². The lowest BCUT2D eigenvalue weighted by molar-refractivity contribution is -0.232. The summed E-state index contributed by atoms with van der Waals surface area (Å²) in [6.07, 6.45) is -0.915. The van der Waals surface area contributed by atoms with E-state index in [0.717, 1.165) is 0 Å². The standard InChI is InChI=1S/C3H7NO3/c1-2-6-7-3(4)5/h2H2,1H3,(H2,4,5). The Bertz CT molecular complexity index is 63.2. The minimum atomic E-state index is -0.915. The molecule has 0 aliphatic carbocycles. The Hall–Kier alpha value is -0.770. The van der Waals surface area contributed by atoms with Gasteiger partial charge in [0.15, 0.2) is 0 Å². The molecule has 0 rings (SSSR count). The number of primary amides is 1. The van der Waals surface area contributed by atoms with Crippen LogP contribution in [-0.4, -0.2) is 12.7 Å². The van der Waals surface area contributed by atoms with Crippen LogP contribution in [0.5, 0.6) is 0 Å². The summed E-state index contributed by atoms with van der Waals surface area (Å²) in [5, 5.41) is 0. The molecule has 0 saturated heterocycles. The Morgan fingerprint density at radius 3 is 2.57 bits per heavy atom. The highest BCUT2D eigenvalue weighted by Gasteiger charge is 1.87. The summed E-state index contributed by atoms with van der Waals surface area (Å²) in [6.45, 7) is 2.01. The molecule has 42 valence electrons. The van der Waals surface area contributed by atoms with Gasteiger partial charge in [0.2, 0.25) is 0 Å². The van der Waals surface area contributed by atoms with Gasteiger partial charge in [0.25, 0.3) is 0 Å². The Balaban J connectivity index is 2.82. The summed E-state index contributed by atoms with van der Waals surface area (Å²) >= 11 is 0. The fourth-order valence-electron chi connectivity index (χ4n) is 0.117. The predicted octanol–water partition coefficient (Wildman–Crippen LogP) is 0.0332. The van der Waals surface area contributed by atoms with Gasteiger partial charge < -0.3 is 5.73 Å². The van der Waals surface area contributed by atoms with E-state index in [1.165, 1.54) is 0 Å². The van der Waals surface area contributed by atoms with E-state index < -0.39 is 6.09 Å². The Kier molecular flexibility index (Phi) is 3.04. The van der Waals surface area contributed by atoms with Crippen LogP contribution in [0, 0.1) is 0 Å². The van der Waals surface area contributed by atoms with Gasteiger partial charge in [0, 0.05) is 0 Å². The largest absolute Gasteiger partial charge is 0.436 e. The molecule has 0 aliphatic heterocycles. The van der Waals surface area contributed by atoms with Crippen molar-refractivity contribution in [3.05, 3.63) is 0 Å². The monoisotopic (exact) mass is 105 g/mol. The molecule has 0 spiro atoms. The highest BCUT2D eigenvalue weighted by Crippen LogP contribution is 1.73. The first-order valence-electron chi connectivity index (χ1n) is 1.86. The first-order chi connectivity index (χ1) is 3.27. The van der Waals surface area contributed by atoms with Crippen molar-refractivity contribution in [2.24, 2.45) is 5.73 Å². The third-order valence-electron chi connectivity index (χ3n) is 0.259. The van der Waals surface area contributed by atoms with Crippen LogP contribution in [0.15, 0.2) is 0 Å². The molecule has 0 aromatic heterocycles. The van der Waals surface area contributed by atoms with Crippen molar-refractivity contribution in [1.82, 2.24) is 0 Å². The fourth-order valence-corrected chi connectivity index (χ4v) is 0.117. The van der Waals surface area contributed by atoms with E-state index in [-0.39, 0.29) is 0 Å². The first-order valence-corrected chi connectivity index (χ1v) is 1.86. The lowest BCUT2D eigenvalue weighted by atomic mass is 10.9. The zero-order valence-corrected chi connectivity index (χ0v) is 4.01. The molecule has 0 aliphatic rings. The maximum Gasteiger partial charge on any atom is 0.436 e. The SMILES string of the molecule is CCOOC(N)=O. The molecule has 2 N–H and O–H groups in total. The van der Waals surface area contributed by atoms with Crippen molar-refractivity contribution >= 4 is 6.09 Å². The van der Waals surface area contributed by atoms with Crippen LogP contribution in [0.4, 0.5) is 4.79 Å². The van der Waals surface area contributed by atoms with E-state index in [0.29, 0.717) is 6.61 Å². The van der Waals surface area contributed by atoms with Crippen LogP contribution in [0.25, 0.3) is 0 Å². The summed E-state index contributed by atoms with van der Waals surface area (Å²) < 4.78 is 0. The second-order valence-corrected chi connectivity index (χ2v) is 0.809. The molecule has 4 heteroatoms. The molecule has 0 bridgehead atoms. The first kappa shape index (κ1) is 6.23. The highest BCUT2D eigenvalue weighted by atomic mass is 17.2. The second-order valence-electron chi connectivity index (χ2n) is 0.809. The van der Waals surface area contributed by atoms with Gasteiger partial charge in [-0.05, 0) is 6.92 Å². The van der Waals surface area contributed by atoms with E-state index in [9.17, 15) is 4.79 Å². The number of hydrogen-bond acceptors (Lipinski definition) is 3. The van der Waals surface area contributed by atoms with Crippen molar-refractivity contribution < 1.29 is 14.6 Å². The zero-order chi connectivity index (χ0) is 5.70. The summed E-state index contributed by atoms with van der Waals surface area (Å²) in [7, 11) is 0. The topological polar surface area (TPSA) is 61.6 Å². The summed E-state index contributed by atoms with van der Waals surface area (Å²) in [6, 6.07) is 0. The molecule has 0 fully saturated rings. The van der Waals surface area contributed by atoms with Crippen LogP contribution in [-0.2, 0) is 9.78 Å². The molecule has 1 amide bonds. The van der Waals surface area contributed by atoms with E-state index in [2.05, 4.69) is 15.5 Å². The van der Waals surface area contributed by atoms with Gasteiger partial charge in [-0.3, -0.25) is 4.89 Å². The van der Waals surface area contributed by atoms with E-state index >= 15 is 0 Å². The van der Waals surface area contributed by atoms with Crippen molar-refractivity contribution in [2.45, 2.75) is 6.92 Å². The number of carbonyl (C=O) groups is 1. The molecule has 7 heavy (non-hydrogen) atoms. The van der Waals surface area contributed by atoms with Crippen molar-refractivity contribution in [1.29, 1.82) is 0 Å². The van der Waals surface area contributed by atoms with Gasteiger partial charge in [0.05, 0.1) is 6.61 Å². The van der Waals surface area contributed by atoms with Gasteiger partial charge in [-0.1, -0.05) is 0 Å². The van der Waals surface area contributed by atoms with Gasteiger partial charge in [-0.2, -0.15) is 4.89 Å². The smallest absolute Gasteiger partial charge is 0.333 e. The molecule has 0 unspecified atom stereocenters. The lowest BCUT2D eigenvalue weighted by Gasteiger charge is -1.92. The van der Waals surface area contributed by atoms with Gasteiger partial charge in [-0.15, -0.1) is 0 Å². The van der Waals surface area contributed by atoms with E-state index in [4.69, 9.17) is 0 Å². The van der Waals surface area contributed by atoms with E-state index in [1.807, 2.05) is 0 Å². The molecule has 0 radical (unpaired) electrons. The molecule has 0 aromatic rings. The molecule has 0 atom stereocenters. The third kappa shape index (κ3) is 5.23. The molecular weight excluding hydrogens is 98.0 g/mol. The number of amides is 1. The minimum absolute atomic E-state index is 0.322. The number of rotatable bonds is 2. The number of carbonyl (C=O) groups excluding carboxylic acids is 1. The molecular formula is C3H7NO3. The Morgan fingerprint density at radius 2 is 2.43 bits per heavy atom. The van der Waals surface area contributed by atoms with Crippen LogP contribution in [0.2, 0.25) is 0 Å². The molecule has 4 nitrogen and oxygen atoms in total. The summed E-state index contributed by atoms with van der Waals surface area (Å²) in [4.78, 5) is 17.6. The summed E-state index contributed by atoms with van der Waals surface area (Å²) in [5.41, 5.74) is 4.49. The Labute approximate surface area is 41.1 Å². The molecule has 0 saturated carbocycles. The third-order valence-corrected chi connectivity index (χ3v) is 0.259. The molecule has 0 heterocycles. The predicted molar refractivity (Wildman–Crippen MR) is 22.3 cm³/mol. The molecule has 0 aromatic carbocycles. The van der Waals surface area contributed by atoms with E-state index in [1.54, 1.807) is 6.92 Å². The van der Waals surface area contributed by atoms with Crippen molar-refractivity contribution in [3.8, 4) is 0 Å². The minimum Gasteiger partial charge on any atom is -0.333 e. The van der Waals surface area contributed by atoms with Crippen molar-refractivity contribution in [2.75, 3.05) is 6.61 Å². The van der Waals surface area contributed by atoms with Crippen LogP contribution < -0.4 is 5.73 Å². The van der Waals surface area contributed by atoms with Crippen LogP contribution >= 0.6 is 0 Å². The van der Waals surface area contributed by atoms with Crippen LogP contribution in [0.1, 0.15) is 6.92 Å². The zero-order valence-electron chi connectivity index (χ0n) is 4.01. The van der Waals surface area contributed by atoms with Crippen molar-refractivity contribution in [3.63, 3.8) is 0 Å².